The lowest BCUT2D eigenvalue weighted by atomic mass is 10.1. The Labute approximate surface area is 84.6 Å². The fourth-order valence-corrected chi connectivity index (χ4v) is 1.40. The highest BCUT2D eigenvalue weighted by Gasteiger charge is 1.99. The fourth-order valence-electron chi connectivity index (χ4n) is 0.949. The molecule has 0 radical (unpaired) electrons. The molecule has 1 aromatic rings. The monoisotopic (exact) mass is 235 g/mol. The number of allylic oxidation sites excluding steroid dienone is 1. The van der Waals surface area contributed by atoms with Crippen LogP contribution < -0.4 is 0 Å². The predicted molar refractivity (Wildman–Crippen MR) is 52.7 cm³/mol. The van der Waals surface area contributed by atoms with Gasteiger partial charge in [-0.3, -0.25) is 0 Å². The summed E-state index contributed by atoms with van der Waals surface area (Å²) in [5.41, 5.74) is 1.05. The minimum Gasteiger partial charge on any atom is -0.232 e. The van der Waals surface area contributed by atoms with Gasteiger partial charge in [0.15, 0.2) is 0 Å². The van der Waals surface area contributed by atoms with E-state index in [-0.39, 0.29) is 5.57 Å². The van der Waals surface area contributed by atoms with E-state index in [0.717, 1.165) is 10.0 Å². The zero-order valence-electron chi connectivity index (χ0n) is 6.75. The zero-order chi connectivity index (χ0) is 9.68. The summed E-state index contributed by atoms with van der Waals surface area (Å²) in [6, 6.07) is 9.28. The van der Waals surface area contributed by atoms with Gasteiger partial charge >= 0.3 is 0 Å². The number of rotatable bonds is 2. The fraction of sp³-hybridized carbons (Fsp3) is 0.100. The summed E-state index contributed by atoms with van der Waals surface area (Å²) in [6.07, 6.45) is 0.347. The Morgan fingerprint density at radius 3 is 2.85 bits per heavy atom. The molecule has 2 nitrogen and oxygen atoms in total. The van der Waals surface area contributed by atoms with E-state index in [4.69, 9.17) is 5.26 Å². The van der Waals surface area contributed by atoms with Gasteiger partial charge in [0.1, 0.15) is 17.6 Å². The largest absolute Gasteiger partial charge is 0.232 e. The summed E-state index contributed by atoms with van der Waals surface area (Å²) >= 11 is 3.31. The maximum absolute atomic E-state index is 10.2. The van der Waals surface area contributed by atoms with E-state index in [1.807, 2.05) is 24.3 Å². The Hall–Kier alpha value is -1.36. The number of nitrogens with zero attached hydrogens (tertiary/aromatic N) is 1. The predicted octanol–water partition coefficient (Wildman–Crippen LogP) is 2.27. The third-order valence-electron chi connectivity index (χ3n) is 1.53. The van der Waals surface area contributed by atoms with Crippen LogP contribution in [0.5, 0.6) is 0 Å². The molecule has 0 aromatic heterocycles. The second-order valence-corrected chi connectivity index (χ2v) is 3.41. The van der Waals surface area contributed by atoms with Crippen LogP contribution in [0.1, 0.15) is 5.56 Å². The third-order valence-corrected chi connectivity index (χ3v) is 2.02. The molecule has 1 aromatic carbocycles. The van der Waals surface area contributed by atoms with Gasteiger partial charge < -0.3 is 0 Å². The molecule has 0 aliphatic heterocycles. The van der Waals surface area contributed by atoms with Gasteiger partial charge in [-0.25, -0.2) is 4.79 Å². The van der Waals surface area contributed by atoms with Crippen LogP contribution in [-0.2, 0) is 11.2 Å². The van der Waals surface area contributed by atoms with Crippen LogP contribution in [0.3, 0.4) is 0 Å². The molecule has 0 bridgehead atoms. The lowest BCUT2D eigenvalue weighted by molar-refractivity contribution is 0.567. The summed E-state index contributed by atoms with van der Waals surface area (Å²) in [4.78, 5) is 10.2. The van der Waals surface area contributed by atoms with Crippen molar-refractivity contribution in [3.05, 3.63) is 39.9 Å². The topological polar surface area (TPSA) is 40.9 Å². The van der Waals surface area contributed by atoms with Crippen molar-refractivity contribution in [1.29, 1.82) is 5.26 Å². The van der Waals surface area contributed by atoms with E-state index in [1.165, 1.54) is 0 Å². The van der Waals surface area contributed by atoms with E-state index in [2.05, 4.69) is 15.9 Å². The summed E-state index contributed by atoms with van der Waals surface area (Å²) in [5.74, 6) is 1.61. The van der Waals surface area contributed by atoms with Crippen LogP contribution >= 0.6 is 15.9 Å². The van der Waals surface area contributed by atoms with Crippen LogP contribution in [0.25, 0.3) is 0 Å². The lowest BCUT2D eigenvalue weighted by Crippen LogP contribution is -1.88. The molecule has 0 saturated carbocycles. The van der Waals surface area contributed by atoms with Gasteiger partial charge in [0.2, 0.25) is 0 Å². The van der Waals surface area contributed by atoms with Gasteiger partial charge in [-0.15, -0.1) is 0 Å². The van der Waals surface area contributed by atoms with Crippen LogP contribution in [0.4, 0.5) is 0 Å². The molecule has 64 valence electrons. The Kier molecular flexibility index (Phi) is 3.45. The van der Waals surface area contributed by atoms with E-state index < -0.39 is 0 Å². The first-order chi connectivity index (χ1) is 6.26. The van der Waals surface area contributed by atoms with Crippen LogP contribution in [0.15, 0.2) is 34.3 Å². The van der Waals surface area contributed by atoms with Crippen molar-refractivity contribution < 1.29 is 4.79 Å². The van der Waals surface area contributed by atoms with E-state index in [9.17, 15) is 4.79 Å². The second-order valence-electron chi connectivity index (χ2n) is 2.50. The summed E-state index contributed by atoms with van der Waals surface area (Å²) in [7, 11) is 0. The first kappa shape index (κ1) is 9.73. The number of benzene rings is 1. The van der Waals surface area contributed by atoms with Gasteiger partial charge in [0, 0.05) is 10.9 Å². The molecule has 1 rings (SSSR count). The first-order valence-corrected chi connectivity index (χ1v) is 4.44. The molecular weight excluding hydrogens is 230 g/mol. The van der Waals surface area contributed by atoms with E-state index in [1.54, 1.807) is 12.0 Å². The smallest absolute Gasteiger partial charge is 0.139 e. The zero-order valence-corrected chi connectivity index (χ0v) is 8.34. The van der Waals surface area contributed by atoms with Crippen LogP contribution in [-0.4, -0.2) is 5.94 Å². The highest BCUT2D eigenvalue weighted by Crippen LogP contribution is 2.13. The molecule has 0 spiro atoms. The highest BCUT2D eigenvalue weighted by molar-refractivity contribution is 9.10. The van der Waals surface area contributed by atoms with Crippen molar-refractivity contribution in [1.82, 2.24) is 0 Å². The molecule has 0 saturated heterocycles. The highest BCUT2D eigenvalue weighted by atomic mass is 79.9. The molecule has 0 fully saturated rings. The molecular formula is C10H6BrNO. The molecule has 0 aliphatic rings. The SMILES string of the molecule is N#CC(=C=O)Cc1cccc(Br)c1. The molecule has 3 heteroatoms. The van der Waals surface area contributed by atoms with Gasteiger partial charge in [-0.2, -0.15) is 5.26 Å². The van der Waals surface area contributed by atoms with Crippen molar-refractivity contribution >= 4 is 21.9 Å². The number of hydrogen-bond donors (Lipinski definition) is 0. The molecule has 0 aliphatic carbocycles. The normalized spacial score (nSPS) is 8.62. The minimum atomic E-state index is 0.123. The summed E-state index contributed by atoms with van der Waals surface area (Å²) in [5, 5.41) is 8.50. The molecule has 0 atom stereocenters. The maximum atomic E-state index is 10.2. The number of carbonyl (C=O) groups excluding carboxylic acids is 1. The van der Waals surface area contributed by atoms with E-state index in [0.29, 0.717) is 6.42 Å². The Morgan fingerprint density at radius 1 is 1.54 bits per heavy atom. The average molecular weight is 236 g/mol. The second kappa shape index (κ2) is 4.61. The Bertz CT molecular complexity index is 400. The van der Waals surface area contributed by atoms with Gasteiger partial charge in [-0.05, 0) is 17.7 Å². The molecule has 0 amide bonds. The third kappa shape index (κ3) is 2.87. The molecule has 0 unspecified atom stereocenters. The Balaban J connectivity index is 2.88. The standard InChI is InChI=1S/C10H6BrNO/c11-10-3-1-2-8(5-10)4-9(6-12)7-13/h1-3,5H,4H2. The molecule has 13 heavy (non-hydrogen) atoms. The molecule has 0 heterocycles. The average Bonchev–Trinajstić information content (AvgIpc) is 2.14. The van der Waals surface area contributed by atoms with Gasteiger partial charge in [-0.1, -0.05) is 28.1 Å². The van der Waals surface area contributed by atoms with E-state index >= 15 is 0 Å². The van der Waals surface area contributed by atoms with Crippen molar-refractivity contribution in [2.45, 2.75) is 6.42 Å². The molecule has 0 N–H and O–H groups in total. The van der Waals surface area contributed by atoms with Gasteiger partial charge in [0.25, 0.3) is 0 Å². The summed E-state index contributed by atoms with van der Waals surface area (Å²) < 4.78 is 0.938. The number of nitriles is 1. The number of hydrogen-bond acceptors (Lipinski definition) is 2. The van der Waals surface area contributed by atoms with Crippen molar-refractivity contribution in [3.8, 4) is 6.07 Å². The lowest BCUT2D eigenvalue weighted by Gasteiger charge is -1.97. The van der Waals surface area contributed by atoms with Crippen molar-refractivity contribution in [2.24, 2.45) is 0 Å². The quantitative estimate of drug-likeness (QED) is 0.583. The summed E-state index contributed by atoms with van der Waals surface area (Å²) in [6.45, 7) is 0. The van der Waals surface area contributed by atoms with Crippen LogP contribution in [0.2, 0.25) is 0 Å². The van der Waals surface area contributed by atoms with Crippen LogP contribution in [0, 0.1) is 11.3 Å². The van der Waals surface area contributed by atoms with Crippen molar-refractivity contribution in [2.75, 3.05) is 0 Å². The minimum absolute atomic E-state index is 0.123. The van der Waals surface area contributed by atoms with Crippen molar-refractivity contribution in [3.63, 3.8) is 0 Å². The van der Waals surface area contributed by atoms with Gasteiger partial charge in [0.05, 0.1) is 0 Å². The first-order valence-electron chi connectivity index (χ1n) is 3.65. The number of halogens is 1. The Morgan fingerprint density at radius 2 is 2.31 bits per heavy atom. The maximum Gasteiger partial charge on any atom is 0.139 e.